The number of carboxylic acid groups (broad SMARTS) is 1. The quantitative estimate of drug-likeness (QED) is 0.307. The van der Waals surface area contributed by atoms with E-state index < -0.39 is 23.8 Å². The highest BCUT2D eigenvalue weighted by atomic mass is 35.5. The molecular weight excluding hydrogens is 470 g/mol. The van der Waals surface area contributed by atoms with Gasteiger partial charge in [0.05, 0.1) is 24.2 Å². The molecule has 3 aromatic rings. The van der Waals surface area contributed by atoms with Gasteiger partial charge in [-0.25, -0.2) is 4.79 Å². The topological polar surface area (TPSA) is 110 Å². The van der Waals surface area contributed by atoms with E-state index in [-0.39, 0.29) is 36.3 Å². The molecule has 1 amide bonds. The predicted molar refractivity (Wildman–Crippen MR) is 132 cm³/mol. The van der Waals surface area contributed by atoms with Gasteiger partial charge in [0.25, 0.3) is 5.91 Å². The number of carboxylic acids is 1. The van der Waals surface area contributed by atoms with Crippen molar-refractivity contribution in [2.24, 2.45) is 5.92 Å². The fraction of sp³-hybridized carbons (Fsp3) is 0.185. The van der Waals surface area contributed by atoms with Crippen molar-refractivity contribution in [3.63, 3.8) is 0 Å². The Morgan fingerprint density at radius 1 is 0.886 bits per heavy atom. The predicted octanol–water partition coefficient (Wildman–Crippen LogP) is 4.89. The summed E-state index contributed by atoms with van der Waals surface area (Å²) >= 11 is 5.92. The number of benzene rings is 3. The lowest BCUT2D eigenvalue weighted by Crippen LogP contribution is -2.30. The van der Waals surface area contributed by atoms with Gasteiger partial charge in [-0.05, 0) is 41.8 Å². The molecule has 1 atom stereocenters. The Morgan fingerprint density at radius 2 is 1.46 bits per heavy atom. The Labute approximate surface area is 207 Å². The number of nitrogens with one attached hydrogen (secondary N) is 1. The zero-order valence-corrected chi connectivity index (χ0v) is 19.7. The van der Waals surface area contributed by atoms with Gasteiger partial charge in [-0.3, -0.25) is 14.4 Å². The molecule has 3 aromatic carbocycles. The van der Waals surface area contributed by atoms with Crippen LogP contribution in [0.5, 0.6) is 0 Å². The van der Waals surface area contributed by atoms with E-state index in [4.69, 9.17) is 11.6 Å². The van der Waals surface area contributed by atoms with Gasteiger partial charge >= 0.3 is 11.9 Å². The van der Waals surface area contributed by atoms with Gasteiger partial charge in [-0.15, -0.1) is 0 Å². The maximum Gasteiger partial charge on any atom is 0.338 e. The molecule has 35 heavy (non-hydrogen) atoms. The largest absolute Gasteiger partial charge is 0.481 e. The van der Waals surface area contributed by atoms with Crippen molar-refractivity contribution in [1.29, 1.82) is 0 Å². The number of Topliss-reactive ketones (excluding diaryl/α,β-unsaturated/α-hetero) is 1. The first kappa shape index (κ1) is 25.6. The van der Waals surface area contributed by atoms with Gasteiger partial charge in [0.1, 0.15) is 0 Å². The molecule has 0 aromatic heterocycles. The number of amides is 1. The number of ketones is 1. The minimum absolute atomic E-state index is 0.0219. The van der Waals surface area contributed by atoms with Crippen molar-refractivity contribution in [3.05, 3.63) is 94.5 Å². The van der Waals surface area contributed by atoms with Crippen molar-refractivity contribution in [3.8, 4) is 11.1 Å². The second-order valence-electron chi connectivity index (χ2n) is 7.83. The maximum atomic E-state index is 12.7. The average molecular weight is 494 g/mol. The lowest BCUT2D eigenvalue weighted by molar-refractivity contribution is -0.141. The number of carbonyl (C=O) groups excluding carboxylic acids is 3. The van der Waals surface area contributed by atoms with Crippen LogP contribution < -0.4 is 5.32 Å². The molecule has 0 radical (unpaired) electrons. The Morgan fingerprint density at radius 3 is 2.03 bits per heavy atom. The zero-order valence-electron chi connectivity index (χ0n) is 19.0. The monoisotopic (exact) mass is 493 g/mol. The molecule has 8 heteroatoms. The van der Waals surface area contributed by atoms with Crippen molar-refractivity contribution in [2.45, 2.75) is 12.8 Å². The molecule has 0 aliphatic carbocycles. The summed E-state index contributed by atoms with van der Waals surface area (Å²) in [5, 5.41) is 12.8. The Balaban J connectivity index is 1.59. The molecule has 180 valence electrons. The molecule has 0 bridgehead atoms. The summed E-state index contributed by atoms with van der Waals surface area (Å²) in [4.78, 5) is 48.8. The number of halogens is 1. The Hall–Kier alpha value is -3.97. The molecule has 0 heterocycles. The summed E-state index contributed by atoms with van der Waals surface area (Å²) in [6.07, 6.45) is -0.152. The van der Waals surface area contributed by atoms with Crippen LogP contribution >= 0.6 is 11.6 Å². The fourth-order valence-electron chi connectivity index (χ4n) is 3.57. The Bertz CT molecular complexity index is 1220. The smallest absolute Gasteiger partial charge is 0.338 e. The highest BCUT2D eigenvalue weighted by Crippen LogP contribution is 2.23. The molecule has 0 fully saturated rings. The highest BCUT2D eigenvalue weighted by molar-refractivity contribution is 6.30. The summed E-state index contributed by atoms with van der Waals surface area (Å²) < 4.78 is 4.68. The standard InChI is InChI=1S/C27H24ClNO6/c1-35-27(34)23-5-3-2-4-22(23)25(31)29-15-14-20(26(32)33)16-24(30)19-8-6-17(7-9-19)18-10-12-21(28)13-11-18/h2-13,20H,14-16H2,1H3,(H,29,31)(H,32,33). The number of esters is 1. The number of rotatable bonds is 10. The van der Waals surface area contributed by atoms with Crippen molar-refractivity contribution < 1.29 is 29.0 Å². The molecule has 3 rings (SSSR count). The molecule has 2 N–H and O–H groups in total. The van der Waals surface area contributed by atoms with Crippen molar-refractivity contribution >= 4 is 35.2 Å². The molecule has 0 saturated carbocycles. The average Bonchev–Trinajstić information content (AvgIpc) is 2.87. The highest BCUT2D eigenvalue weighted by Gasteiger charge is 2.23. The number of methoxy groups -OCH3 is 1. The van der Waals surface area contributed by atoms with Crippen molar-refractivity contribution in [1.82, 2.24) is 5.32 Å². The van der Waals surface area contributed by atoms with Crippen molar-refractivity contribution in [2.75, 3.05) is 13.7 Å². The Kier molecular flexibility index (Phi) is 8.75. The van der Waals surface area contributed by atoms with Crippen LogP contribution in [0.2, 0.25) is 5.02 Å². The molecule has 0 aliphatic rings. The second kappa shape index (κ2) is 11.9. The first-order chi connectivity index (χ1) is 16.8. The summed E-state index contributed by atoms with van der Waals surface area (Å²) in [5.74, 6) is -3.58. The van der Waals surface area contributed by atoms with Gasteiger partial charge in [-0.1, -0.05) is 60.1 Å². The first-order valence-corrected chi connectivity index (χ1v) is 11.3. The number of ether oxygens (including phenoxy) is 1. The maximum absolute atomic E-state index is 12.7. The van der Waals surface area contributed by atoms with Crippen LogP contribution in [0.15, 0.2) is 72.8 Å². The third-order valence-corrected chi connectivity index (χ3v) is 5.77. The number of hydrogen-bond donors (Lipinski definition) is 2. The van der Waals surface area contributed by atoms with Gasteiger partial charge in [0.2, 0.25) is 0 Å². The van der Waals surface area contributed by atoms with Gasteiger partial charge in [0, 0.05) is 23.6 Å². The van der Waals surface area contributed by atoms with E-state index in [9.17, 15) is 24.3 Å². The molecule has 0 saturated heterocycles. The third kappa shape index (κ3) is 6.77. The summed E-state index contributed by atoms with van der Waals surface area (Å²) in [6.45, 7) is 0.0219. The summed E-state index contributed by atoms with van der Waals surface area (Å²) in [5.41, 5.74) is 2.50. The van der Waals surface area contributed by atoms with Gasteiger partial charge in [-0.2, -0.15) is 0 Å². The number of carbonyl (C=O) groups is 4. The number of hydrogen-bond acceptors (Lipinski definition) is 5. The minimum atomic E-state index is -1.12. The summed E-state index contributed by atoms with van der Waals surface area (Å²) in [7, 11) is 1.22. The van der Waals surface area contributed by atoms with Gasteiger partial charge < -0.3 is 15.2 Å². The van der Waals surface area contributed by atoms with E-state index in [2.05, 4.69) is 10.1 Å². The normalized spacial score (nSPS) is 11.4. The van der Waals surface area contributed by atoms with E-state index in [1.165, 1.54) is 19.2 Å². The molecule has 1 unspecified atom stereocenters. The lowest BCUT2D eigenvalue weighted by atomic mass is 9.94. The first-order valence-electron chi connectivity index (χ1n) is 10.9. The van der Waals surface area contributed by atoms with Crippen LogP contribution in [-0.4, -0.2) is 42.4 Å². The van der Waals surface area contributed by atoms with Crippen LogP contribution in [0.25, 0.3) is 11.1 Å². The third-order valence-electron chi connectivity index (χ3n) is 5.52. The van der Waals surface area contributed by atoms with Crippen LogP contribution in [0.1, 0.15) is 43.9 Å². The van der Waals surface area contributed by atoms with E-state index >= 15 is 0 Å². The van der Waals surface area contributed by atoms with Crippen LogP contribution in [0.4, 0.5) is 0 Å². The van der Waals surface area contributed by atoms with E-state index in [0.29, 0.717) is 10.6 Å². The van der Waals surface area contributed by atoms with Gasteiger partial charge in [0.15, 0.2) is 5.78 Å². The van der Waals surface area contributed by atoms with Crippen LogP contribution in [-0.2, 0) is 9.53 Å². The molecule has 0 aliphatic heterocycles. The second-order valence-corrected chi connectivity index (χ2v) is 8.26. The SMILES string of the molecule is COC(=O)c1ccccc1C(=O)NCCC(CC(=O)c1ccc(-c2ccc(Cl)cc2)cc1)C(=O)O. The molecule has 0 spiro atoms. The number of aliphatic carboxylic acids is 1. The lowest BCUT2D eigenvalue weighted by Gasteiger charge is -2.13. The minimum Gasteiger partial charge on any atom is -0.481 e. The summed E-state index contributed by atoms with van der Waals surface area (Å²) in [6, 6.07) is 20.4. The van der Waals surface area contributed by atoms with E-state index in [0.717, 1.165) is 11.1 Å². The fourth-order valence-corrected chi connectivity index (χ4v) is 3.70. The van der Waals surface area contributed by atoms with Crippen LogP contribution in [0, 0.1) is 5.92 Å². The van der Waals surface area contributed by atoms with E-state index in [1.54, 1.807) is 48.5 Å². The van der Waals surface area contributed by atoms with Crippen LogP contribution in [0.3, 0.4) is 0 Å². The zero-order chi connectivity index (χ0) is 25.4. The van der Waals surface area contributed by atoms with E-state index in [1.807, 2.05) is 12.1 Å². The molecule has 7 nitrogen and oxygen atoms in total. The molecular formula is C27H24ClNO6.